The molecule has 3 nitrogen and oxygen atoms in total. The van der Waals surface area contributed by atoms with Gasteiger partial charge in [-0.3, -0.25) is 4.79 Å². The Morgan fingerprint density at radius 1 is 1.50 bits per heavy atom. The van der Waals surface area contributed by atoms with Crippen molar-refractivity contribution >= 4 is 23.3 Å². The second-order valence-corrected chi connectivity index (χ2v) is 5.37. The van der Waals surface area contributed by atoms with Crippen LogP contribution in [0, 0.1) is 0 Å². The fourth-order valence-corrected chi connectivity index (χ4v) is 2.48. The molecule has 0 aromatic heterocycles. The number of benzene rings is 1. The van der Waals surface area contributed by atoms with Crippen molar-refractivity contribution in [1.29, 1.82) is 0 Å². The molecule has 1 aromatic rings. The first kappa shape index (κ1) is 14.9. The third kappa shape index (κ3) is 3.34. The van der Waals surface area contributed by atoms with Gasteiger partial charge in [0.25, 0.3) is 0 Å². The summed E-state index contributed by atoms with van der Waals surface area (Å²) >= 11 is 6.33. The molecule has 0 aliphatic carbocycles. The van der Waals surface area contributed by atoms with Crippen molar-refractivity contribution in [2.75, 3.05) is 18.1 Å². The van der Waals surface area contributed by atoms with E-state index in [9.17, 15) is 4.79 Å². The number of carbonyl (C=O) groups is 1. The summed E-state index contributed by atoms with van der Waals surface area (Å²) in [7, 11) is 0. The second-order valence-electron chi connectivity index (χ2n) is 4.97. The van der Waals surface area contributed by atoms with Gasteiger partial charge in [-0.25, -0.2) is 0 Å². The molecular weight excluding hydrogens is 274 g/mol. The first-order valence-electron chi connectivity index (χ1n) is 7.03. The van der Waals surface area contributed by atoms with E-state index in [2.05, 4.69) is 11.0 Å². The quantitative estimate of drug-likeness (QED) is 0.765. The lowest BCUT2D eigenvalue weighted by Crippen LogP contribution is -2.15. The van der Waals surface area contributed by atoms with Crippen LogP contribution in [0.3, 0.4) is 0 Å². The van der Waals surface area contributed by atoms with Gasteiger partial charge in [0.15, 0.2) is 0 Å². The van der Waals surface area contributed by atoms with Crippen molar-refractivity contribution in [3.8, 4) is 0 Å². The van der Waals surface area contributed by atoms with E-state index in [1.54, 1.807) is 0 Å². The lowest BCUT2D eigenvalue weighted by Gasteiger charge is -2.19. The van der Waals surface area contributed by atoms with E-state index in [1.165, 1.54) is 0 Å². The zero-order valence-electron chi connectivity index (χ0n) is 11.9. The van der Waals surface area contributed by atoms with Crippen LogP contribution in [0.4, 0.5) is 5.69 Å². The van der Waals surface area contributed by atoms with Crippen LogP contribution in [0.25, 0.3) is 0 Å². The minimum atomic E-state index is -0.290. The van der Waals surface area contributed by atoms with E-state index < -0.39 is 0 Å². The normalized spacial score (nSPS) is 15.4. The molecule has 20 heavy (non-hydrogen) atoms. The molecule has 0 radical (unpaired) electrons. The van der Waals surface area contributed by atoms with Crippen molar-refractivity contribution in [3.05, 3.63) is 41.1 Å². The summed E-state index contributed by atoms with van der Waals surface area (Å²) in [5.41, 5.74) is 1.88. The molecule has 1 atom stereocenters. The number of ether oxygens (including phenoxy) is 1. The molecule has 0 fully saturated rings. The Bertz CT molecular complexity index is 513. The van der Waals surface area contributed by atoms with Crippen LogP contribution in [-0.2, 0) is 9.53 Å². The van der Waals surface area contributed by atoms with Gasteiger partial charge in [0, 0.05) is 12.7 Å². The minimum Gasteiger partial charge on any atom is -0.465 e. The second kappa shape index (κ2) is 6.80. The van der Waals surface area contributed by atoms with E-state index in [-0.39, 0.29) is 11.9 Å². The summed E-state index contributed by atoms with van der Waals surface area (Å²) < 4.78 is 5.17. The predicted octanol–water partition coefficient (Wildman–Crippen LogP) is 4.12. The number of hydrogen-bond acceptors (Lipinski definition) is 3. The molecule has 0 saturated heterocycles. The van der Waals surface area contributed by atoms with Gasteiger partial charge in [-0.15, -0.1) is 0 Å². The maximum atomic E-state index is 11.9. The fourth-order valence-electron chi connectivity index (χ4n) is 2.18. The highest BCUT2D eigenvalue weighted by atomic mass is 35.5. The van der Waals surface area contributed by atoms with Gasteiger partial charge in [-0.1, -0.05) is 30.7 Å². The Morgan fingerprint density at radius 3 is 2.90 bits per heavy atom. The Hall–Kier alpha value is -1.48. The van der Waals surface area contributed by atoms with Crippen LogP contribution in [0.5, 0.6) is 0 Å². The largest absolute Gasteiger partial charge is 0.465 e. The number of halogens is 1. The van der Waals surface area contributed by atoms with Crippen LogP contribution < -0.4 is 4.90 Å². The summed E-state index contributed by atoms with van der Waals surface area (Å²) in [6.45, 7) is 5.24. The van der Waals surface area contributed by atoms with Crippen LogP contribution in [-0.4, -0.2) is 19.1 Å². The van der Waals surface area contributed by atoms with Crippen molar-refractivity contribution in [3.63, 3.8) is 0 Å². The molecule has 1 heterocycles. The first-order valence-corrected chi connectivity index (χ1v) is 7.40. The standard InChI is InChI=1S/C16H20ClNO2/c1-3-10-20-16(19)12(2)13-6-7-15(14(17)11-13)18-8-4-5-9-18/h4,6-8,11-12H,3,5,9-10H2,1-2H3. The summed E-state index contributed by atoms with van der Waals surface area (Å²) in [5.74, 6) is -0.487. The Morgan fingerprint density at radius 2 is 2.30 bits per heavy atom. The molecule has 0 N–H and O–H groups in total. The molecule has 1 aliphatic rings. The van der Waals surface area contributed by atoms with Gasteiger partial charge in [-0.2, -0.15) is 0 Å². The Balaban J connectivity index is 2.11. The summed E-state index contributed by atoms with van der Waals surface area (Å²) in [4.78, 5) is 14.0. The molecule has 0 bridgehead atoms. The smallest absolute Gasteiger partial charge is 0.313 e. The molecular formula is C16H20ClNO2. The van der Waals surface area contributed by atoms with Crippen molar-refractivity contribution in [1.82, 2.24) is 0 Å². The van der Waals surface area contributed by atoms with Gasteiger partial charge >= 0.3 is 5.97 Å². The topological polar surface area (TPSA) is 29.5 Å². The van der Waals surface area contributed by atoms with Crippen LogP contribution in [0.1, 0.15) is 38.2 Å². The van der Waals surface area contributed by atoms with E-state index in [0.29, 0.717) is 11.6 Å². The lowest BCUT2D eigenvalue weighted by molar-refractivity contribution is -0.145. The molecule has 108 valence electrons. The highest BCUT2D eigenvalue weighted by Gasteiger charge is 2.19. The zero-order chi connectivity index (χ0) is 14.5. The van der Waals surface area contributed by atoms with Crippen LogP contribution in [0.2, 0.25) is 5.02 Å². The van der Waals surface area contributed by atoms with E-state index >= 15 is 0 Å². The summed E-state index contributed by atoms with van der Waals surface area (Å²) in [6.07, 6.45) is 6.03. The maximum Gasteiger partial charge on any atom is 0.313 e. The first-order chi connectivity index (χ1) is 9.63. The molecule has 0 spiro atoms. The van der Waals surface area contributed by atoms with Crippen molar-refractivity contribution < 1.29 is 9.53 Å². The minimum absolute atomic E-state index is 0.197. The van der Waals surface area contributed by atoms with Gasteiger partial charge in [-0.05, 0) is 37.5 Å². The number of esters is 1. The molecule has 0 amide bonds. The van der Waals surface area contributed by atoms with Crippen molar-refractivity contribution in [2.45, 2.75) is 32.6 Å². The van der Waals surface area contributed by atoms with Crippen molar-refractivity contribution in [2.24, 2.45) is 0 Å². The molecule has 1 aliphatic heterocycles. The Kier molecular flexibility index (Phi) is 5.07. The average Bonchev–Trinajstić information content (AvgIpc) is 2.97. The third-order valence-electron chi connectivity index (χ3n) is 3.41. The van der Waals surface area contributed by atoms with E-state index in [0.717, 1.165) is 30.6 Å². The fraction of sp³-hybridized carbons (Fsp3) is 0.438. The lowest BCUT2D eigenvalue weighted by atomic mass is 10.0. The van der Waals surface area contributed by atoms with E-state index in [1.807, 2.05) is 38.2 Å². The summed E-state index contributed by atoms with van der Waals surface area (Å²) in [6, 6.07) is 5.78. The van der Waals surface area contributed by atoms with Gasteiger partial charge in [0.2, 0.25) is 0 Å². The third-order valence-corrected chi connectivity index (χ3v) is 3.71. The van der Waals surface area contributed by atoms with Crippen LogP contribution in [0.15, 0.2) is 30.5 Å². The maximum absolute atomic E-state index is 11.9. The number of nitrogens with zero attached hydrogens (tertiary/aromatic N) is 1. The average molecular weight is 294 g/mol. The molecule has 2 rings (SSSR count). The Labute approximate surface area is 125 Å². The summed E-state index contributed by atoms with van der Waals surface area (Å²) in [5, 5.41) is 0.671. The molecule has 1 unspecified atom stereocenters. The molecule has 4 heteroatoms. The highest BCUT2D eigenvalue weighted by molar-refractivity contribution is 6.33. The zero-order valence-corrected chi connectivity index (χ0v) is 12.7. The number of hydrogen-bond donors (Lipinski definition) is 0. The van der Waals surface area contributed by atoms with Gasteiger partial charge in [0.1, 0.15) is 0 Å². The molecule has 0 saturated carbocycles. The SMILES string of the molecule is CCCOC(=O)C(C)c1ccc(N2C=CCC2)c(Cl)c1. The molecule has 1 aromatic carbocycles. The predicted molar refractivity (Wildman–Crippen MR) is 82.2 cm³/mol. The van der Waals surface area contributed by atoms with Crippen LogP contribution >= 0.6 is 11.6 Å². The number of anilines is 1. The van der Waals surface area contributed by atoms with Gasteiger partial charge in [0.05, 0.1) is 23.2 Å². The van der Waals surface area contributed by atoms with Gasteiger partial charge < -0.3 is 9.64 Å². The highest BCUT2D eigenvalue weighted by Crippen LogP contribution is 2.31. The number of carbonyl (C=O) groups excluding carboxylic acids is 1. The monoisotopic (exact) mass is 293 g/mol. The van der Waals surface area contributed by atoms with E-state index in [4.69, 9.17) is 16.3 Å². The number of rotatable bonds is 5.